The van der Waals surface area contributed by atoms with Crippen molar-refractivity contribution < 1.29 is 26.7 Å². The Morgan fingerprint density at radius 2 is 1.83 bits per heavy atom. The normalized spacial score (nSPS) is 12.6. The van der Waals surface area contributed by atoms with Crippen LogP contribution in [0.2, 0.25) is 0 Å². The quantitative estimate of drug-likeness (QED) is 0.625. The lowest BCUT2D eigenvalue weighted by molar-refractivity contribution is -0.290. The van der Waals surface area contributed by atoms with Crippen LogP contribution in [-0.2, 0) is 6.42 Å². The average Bonchev–Trinajstić information content (AvgIpc) is 2.24. The van der Waals surface area contributed by atoms with Gasteiger partial charge in [0.25, 0.3) is 0 Å². The van der Waals surface area contributed by atoms with Gasteiger partial charge in [0, 0.05) is 12.5 Å². The highest BCUT2D eigenvalue weighted by atomic mass is 79.9. The Labute approximate surface area is 108 Å². The van der Waals surface area contributed by atoms with Crippen molar-refractivity contribution in [3.05, 3.63) is 16.5 Å². The number of aromatic nitrogens is 2. The van der Waals surface area contributed by atoms with Gasteiger partial charge in [0.2, 0.25) is 5.88 Å². The fraction of sp³-hybridized carbons (Fsp3) is 0.556. The first-order chi connectivity index (χ1) is 8.15. The van der Waals surface area contributed by atoms with Crippen molar-refractivity contribution in [2.45, 2.75) is 25.4 Å². The zero-order valence-electron chi connectivity index (χ0n) is 9.06. The molecule has 0 saturated heterocycles. The van der Waals surface area contributed by atoms with Gasteiger partial charge in [0.15, 0.2) is 6.61 Å². The number of hydrogen-bond acceptors (Lipinski definition) is 3. The Hall–Kier alpha value is -0.990. The van der Waals surface area contributed by atoms with Crippen molar-refractivity contribution in [3.8, 4) is 5.88 Å². The molecular weight excluding hydrogens is 327 g/mol. The fourth-order valence-corrected chi connectivity index (χ4v) is 1.32. The monoisotopic (exact) mass is 334 g/mol. The second-order valence-corrected chi connectivity index (χ2v) is 4.10. The number of nitrogens with zero attached hydrogens (tertiary/aromatic N) is 2. The molecule has 0 atom stereocenters. The number of hydrogen-bond donors (Lipinski definition) is 0. The van der Waals surface area contributed by atoms with Crippen LogP contribution in [0.15, 0.2) is 10.7 Å². The van der Waals surface area contributed by atoms with Crippen molar-refractivity contribution in [2.24, 2.45) is 0 Å². The van der Waals surface area contributed by atoms with E-state index in [1.165, 1.54) is 0 Å². The predicted molar refractivity (Wildman–Crippen MR) is 55.6 cm³/mol. The van der Waals surface area contributed by atoms with E-state index in [1.807, 2.05) is 0 Å². The fourth-order valence-electron chi connectivity index (χ4n) is 0.920. The van der Waals surface area contributed by atoms with E-state index in [2.05, 4.69) is 30.6 Å². The molecule has 0 aromatic carbocycles. The largest absolute Gasteiger partial charge is 0.471 e. The van der Waals surface area contributed by atoms with E-state index in [4.69, 9.17) is 0 Å². The van der Waals surface area contributed by atoms with Gasteiger partial charge in [-0.15, -0.1) is 0 Å². The van der Waals surface area contributed by atoms with Crippen LogP contribution in [0, 0.1) is 0 Å². The van der Waals surface area contributed by atoms with Crippen molar-refractivity contribution in [2.75, 3.05) is 6.61 Å². The lowest BCUT2D eigenvalue weighted by atomic mass is 10.3. The molecule has 0 aliphatic rings. The molecule has 0 unspecified atom stereocenters. The van der Waals surface area contributed by atoms with E-state index >= 15 is 0 Å². The summed E-state index contributed by atoms with van der Waals surface area (Å²) < 4.78 is 65.5. The SMILES string of the molecule is CCc1nc(Br)cc(OCC(F)(F)C(F)(F)F)n1. The van der Waals surface area contributed by atoms with Crippen molar-refractivity contribution in [3.63, 3.8) is 0 Å². The van der Waals surface area contributed by atoms with E-state index < -0.39 is 18.7 Å². The van der Waals surface area contributed by atoms with Crippen LogP contribution in [0.5, 0.6) is 5.88 Å². The summed E-state index contributed by atoms with van der Waals surface area (Å²) in [7, 11) is 0. The second kappa shape index (κ2) is 5.33. The van der Waals surface area contributed by atoms with Crippen LogP contribution in [-0.4, -0.2) is 28.7 Å². The van der Waals surface area contributed by atoms with Crippen LogP contribution in [0.3, 0.4) is 0 Å². The lowest BCUT2D eigenvalue weighted by Crippen LogP contribution is -2.41. The van der Waals surface area contributed by atoms with Gasteiger partial charge in [0.1, 0.15) is 10.4 Å². The third kappa shape index (κ3) is 3.76. The maximum Gasteiger partial charge on any atom is 0.456 e. The van der Waals surface area contributed by atoms with E-state index in [0.29, 0.717) is 6.42 Å². The third-order valence-corrected chi connectivity index (χ3v) is 2.26. The number of halogens is 6. The predicted octanol–water partition coefficient (Wildman–Crippen LogP) is 3.38. The molecule has 1 aromatic heterocycles. The average molecular weight is 335 g/mol. The maximum absolute atomic E-state index is 12.6. The number of rotatable bonds is 4. The van der Waals surface area contributed by atoms with Crippen molar-refractivity contribution in [1.29, 1.82) is 0 Å². The van der Waals surface area contributed by atoms with Gasteiger partial charge in [0.05, 0.1) is 0 Å². The van der Waals surface area contributed by atoms with Gasteiger partial charge in [-0.25, -0.2) is 4.98 Å². The Balaban J connectivity index is 2.78. The van der Waals surface area contributed by atoms with Crippen molar-refractivity contribution in [1.82, 2.24) is 9.97 Å². The van der Waals surface area contributed by atoms with Gasteiger partial charge in [-0.05, 0) is 15.9 Å². The summed E-state index contributed by atoms with van der Waals surface area (Å²) in [5, 5.41) is 0. The summed E-state index contributed by atoms with van der Waals surface area (Å²) in [5.41, 5.74) is 0. The van der Waals surface area contributed by atoms with Crippen LogP contribution in [0.25, 0.3) is 0 Å². The molecule has 3 nitrogen and oxygen atoms in total. The topological polar surface area (TPSA) is 35.0 Å². The molecule has 0 N–H and O–H groups in total. The van der Waals surface area contributed by atoms with Crippen LogP contribution >= 0.6 is 15.9 Å². The minimum absolute atomic E-state index is 0.250. The molecule has 1 aromatic rings. The molecule has 0 amide bonds. The molecule has 0 spiro atoms. The third-order valence-electron chi connectivity index (χ3n) is 1.85. The van der Waals surface area contributed by atoms with E-state index in [1.54, 1.807) is 6.92 Å². The van der Waals surface area contributed by atoms with Gasteiger partial charge < -0.3 is 4.74 Å². The number of alkyl halides is 5. The molecule has 0 aliphatic heterocycles. The first-order valence-electron chi connectivity index (χ1n) is 4.76. The molecule has 1 heterocycles. The summed E-state index contributed by atoms with van der Waals surface area (Å²) in [6.07, 6.45) is -5.25. The maximum atomic E-state index is 12.6. The standard InChI is InChI=1S/C9H8BrF5N2O/c1-2-6-16-5(10)3-7(17-6)18-4-8(11,12)9(13,14)15/h3H,2,4H2,1H3. The highest BCUT2D eigenvalue weighted by Gasteiger charge is 2.58. The minimum atomic E-state index is -5.65. The highest BCUT2D eigenvalue weighted by Crippen LogP contribution is 2.35. The minimum Gasteiger partial charge on any atom is -0.471 e. The molecule has 0 radical (unpaired) electrons. The van der Waals surface area contributed by atoms with Crippen LogP contribution in [0.4, 0.5) is 22.0 Å². The Morgan fingerprint density at radius 3 is 2.33 bits per heavy atom. The zero-order chi connectivity index (χ0) is 14.0. The number of aryl methyl sites for hydroxylation is 1. The molecule has 0 bridgehead atoms. The Bertz CT molecular complexity index is 424. The molecule has 0 saturated carbocycles. The number of ether oxygens (including phenoxy) is 1. The smallest absolute Gasteiger partial charge is 0.456 e. The lowest BCUT2D eigenvalue weighted by Gasteiger charge is -2.19. The van der Waals surface area contributed by atoms with Gasteiger partial charge in [-0.3, -0.25) is 0 Å². The summed E-state index contributed by atoms with van der Waals surface area (Å²) in [4.78, 5) is 7.53. The van der Waals surface area contributed by atoms with Crippen molar-refractivity contribution >= 4 is 15.9 Å². The molecule has 1 rings (SSSR count). The molecule has 0 aliphatic carbocycles. The van der Waals surface area contributed by atoms with Gasteiger partial charge >= 0.3 is 12.1 Å². The van der Waals surface area contributed by atoms with Gasteiger partial charge in [-0.2, -0.15) is 26.9 Å². The summed E-state index contributed by atoms with van der Waals surface area (Å²) >= 11 is 2.97. The second-order valence-electron chi connectivity index (χ2n) is 3.29. The highest BCUT2D eigenvalue weighted by molar-refractivity contribution is 9.10. The molecule has 0 fully saturated rings. The molecule has 9 heteroatoms. The van der Waals surface area contributed by atoms with E-state index in [-0.39, 0.29) is 16.3 Å². The van der Waals surface area contributed by atoms with Crippen LogP contribution < -0.4 is 4.74 Å². The molecular formula is C9H8BrF5N2O. The Morgan fingerprint density at radius 1 is 1.22 bits per heavy atom. The summed E-state index contributed by atoms with van der Waals surface area (Å²) in [6, 6.07) is 1.12. The summed E-state index contributed by atoms with van der Waals surface area (Å²) in [5.74, 6) is -4.98. The van der Waals surface area contributed by atoms with Crippen LogP contribution in [0.1, 0.15) is 12.7 Å². The van der Waals surface area contributed by atoms with E-state index in [9.17, 15) is 22.0 Å². The van der Waals surface area contributed by atoms with E-state index in [0.717, 1.165) is 6.07 Å². The van der Waals surface area contributed by atoms with Gasteiger partial charge in [-0.1, -0.05) is 6.92 Å². The first-order valence-corrected chi connectivity index (χ1v) is 5.56. The summed E-state index contributed by atoms with van der Waals surface area (Å²) in [6.45, 7) is -0.112. The Kier molecular flexibility index (Phi) is 4.46. The first kappa shape index (κ1) is 15.1. The zero-order valence-corrected chi connectivity index (χ0v) is 10.6. The molecule has 102 valence electrons. The molecule has 18 heavy (non-hydrogen) atoms.